The van der Waals surface area contributed by atoms with Crippen molar-refractivity contribution < 1.29 is 14.2 Å². The lowest BCUT2D eigenvalue weighted by Crippen LogP contribution is -2.39. The Bertz CT molecular complexity index is 826. The van der Waals surface area contributed by atoms with Gasteiger partial charge in [-0.05, 0) is 50.0 Å². The van der Waals surface area contributed by atoms with E-state index in [2.05, 4.69) is 10.2 Å². The second-order valence-electron chi connectivity index (χ2n) is 7.45. The van der Waals surface area contributed by atoms with Gasteiger partial charge in [0.25, 0.3) is 0 Å². The highest BCUT2D eigenvalue weighted by molar-refractivity contribution is 7.73. The largest absolute Gasteiger partial charge is 0.495 e. The smallest absolute Gasteiger partial charge is 0.209 e. The number of aromatic nitrogens is 2. The van der Waals surface area contributed by atoms with Crippen molar-refractivity contribution in [3.8, 4) is 5.75 Å². The van der Waals surface area contributed by atoms with E-state index >= 15 is 0 Å². The number of hydrogen-bond donors (Lipinski definition) is 1. The fraction of sp³-hybridized carbons (Fsp3) is 0.600. The zero-order valence-electron chi connectivity index (χ0n) is 16.7. The van der Waals surface area contributed by atoms with Gasteiger partial charge in [-0.1, -0.05) is 23.5 Å². The van der Waals surface area contributed by atoms with E-state index in [1.165, 1.54) is 11.3 Å². The van der Waals surface area contributed by atoms with Gasteiger partial charge in [0.05, 0.1) is 31.7 Å². The van der Waals surface area contributed by atoms with Crippen LogP contribution in [0.5, 0.6) is 5.75 Å². The molecule has 2 atom stereocenters. The molecule has 0 saturated carbocycles. The summed E-state index contributed by atoms with van der Waals surface area (Å²) in [6.45, 7) is 4.13. The minimum absolute atomic E-state index is 0.287. The van der Waals surface area contributed by atoms with Crippen molar-refractivity contribution in [2.24, 2.45) is 0 Å². The molecule has 1 aromatic heterocycles. The van der Waals surface area contributed by atoms with Crippen LogP contribution in [0, 0.1) is 3.95 Å². The topological polar surface area (TPSA) is 60.8 Å². The molecule has 29 heavy (non-hydrogen) atoms. The highest BCUT2D eigenvalue weighted by Gasteiger charge is 2.24. The summed E-state index contributed by atoms with van der Waals surface area (Å²) >= 11 is 7.06. The SMILES string of the molecule is COc1ccccc1Nc1nn(CN(C[C@H]2CCCO2)C[C@H]2CCCO2)c(=S)s1. The number of nitrogens with zero attached hydrogens (tertiary/aromatic N) is 3. The second-order valence-corrected chi connectivity index (χ2v) is 9.07. The van der Waals surface area contributed by atoms with Crippen LogP contribution in [0.3, 0.4) is 0 Å². The average Bonchev–Trinajstić information content (AvgIpc) is 3.47. The van der Waals surface area contributed by atoms with Crippen molar-refractivity contribution >= 4 is 34.4 Å². The number of rotatable bonds is 9. The Morgan fingerprint density at radius 1 is 1.21 bits per heavy atom. The van der Waals surface area contributed by atoms with Gasteiger partial charge in [-0.3, -0.25) is 4.90 Å². The van der Waals surface area contributed by atoms with Crippen LogP contribution in [0.2, 0.25) is 0 Å². The molecule has 2 aromatic rings. The molecule has 0 amide bonds. The normalized spacial score (nSPS) is 21.7. The van der Waals surface area contributed by atoms with Crippen LogP contribution in [0.25, 0.3) is 0 Å². The molecule has 0 radical (unpaired) electrons. The van der Waals surface area contributed by atoms with Crippen LogP contribution < -0.4 is 10.1 Å². The van der Waals surface area contributed by atoms with Crippen molar-refractivity contribution in [3.05, 3.63) is 28.2 Å². The average molecular weight is 437 g/mol. The zero-order chi connectivity index (χ0) is 20.1. The summed E-state index contributed by atoms with van der Waals surface area (Å²) < 4.78 is 19.8. The summed E-state index contributed by atoms with van der Waals surface area (Å²) in [6.07, 6.45) is 5.09. The highest BCUT2D eigenvalue weighted by atomic mass is 32.1. The van der Waals surface area contributed by atoms with Crippen molar-refractivity contribution in [2.45, 2.75) is 44.6 Å². The quantitative estimate of drug-likeness (QED) is 0.595. The monoisotopic (exact) mass is 436 g/mol. The summed E-state index contributed by atoms with van der Waals surface area (Å²) in [6, 6.07) is 7.79. The molecule has 158 valence electrons. The van der Waals surface area contributed by atoms with E-state index in [1.807, 2.05) is 28.9 Å². The summed E-state index contributed by atoms with van der Waals surface area (Å²) in [5.74, 6) is 0.776. The van der Waals surface area contributed by atoms with E-state index in [0.717, 1.165) is 72.5 Å². The Kier molecular flexibility index (Phi) is 7.15. The Morgan fingerprint density at radius 2 is 1.90 bits per heavy atom. The van der Waals surface area contributed by atoms with Gasteiger partial charge in [-0.25, -0.2) is 4.68 Å². The van der Waals surface area contributed by atoms with E-state index < -0.39 is 0 Å². The minimum Gasteiger partial charge on any atom is -0.495 e. The van der Waals surface area contributed by atoms with E-state index in [1.54, 1.807) is 7.11 Å². The third-order valence-corrected chi connectivity index (χ3v) is 6.48. The molecule has 0 spiro atoms. The molecule has 2 aliphatic rings. The zero-order valence-corrected chi connectivity index (χ0v) is 18.3. The third kappa shape index (κ3) is 5.55. The number of hydrogen-bond acceptors (Lipinski definition) is 8. The molecule has 0 aliphatic carbocycles. The molecule has 4 rings (SSSR count). The van der Waals surface area contributed by atoms with Gasteiger partial charge in [0, 0.05) is 26.3 Å². The van der Waals surface area contributed by atoms with Gasteiger partial charge in [-0.2, -0.15) is 0 Å². The molecular weight excluding hydrogens is 408 g/mol. The molecular formula is C20H28N4O3S2. The van der Waals surface area contributed by atoms with Gasteiger partial charge < -0.3 is 19.5 Å². The summed E-state index contributed by atoms with van der Waals surface area (Å²) in [5, 5.41) is 8.80. The molecule has 1 N–H and O–H groups in total. The molecule has 2 saturated heterocycles. The van der Waals surface area contributed by atoms with E-state index in [0.29, 0.717) is 6.67 Å². The molecule has 9 heteroatoms. The first-order chi connectivity index (χ1) is 14.2. The maximum atomic E-state index is 5.86. The Hall–Kier alpha value is -1.52. The second kappa shape index (κ2) is 9.99. The van der Waals surface area contributed by atoms with Crippen LogP contribution in [0.1, 0.15) is 25.7 Å². The van der Waals surface area contributed by atoms with Gasteiger partial charge >= 0.3 is 0 Å². The van der Waals surface area contributed by atoms with Crippen molar-refractivity contribution in [2.75, 3.05) is 38.7 Å². The third-order valence-electron chi connectivity index (χ3n) is 5.26. The molecule has 3 heterocycles. The van der Waals surface area contributed by atoms with E-state index in [-0.39, 0.29) is 12.2 Å². The van der Waals surface area contributed by atoms with Crippen molar-refractivity contribution in [1.29, 1.82) is 0 Å². The Balaban J connectivity index is 1.45. The lowest BCUT2D eigenvalue weighted by atomic mass is 10.2. The molecule has 2 aliphatic heterocycles. The van der Waals surface area contributed by atoms with Crippen molar-refractivity contribution in [1.82, 2.24) is 14.7 Å². The lowest BCUT2D eigenvalue weighted by Gasteiger charge is -2.27. The maximum absolute atomic E-state index is 5.86. The first-order valence-corrected chi connectivity index (χ1v) is 11.4. The number of benzene rings is 1. The molecule has 1 aromatic carbocycles. The summed E-state index contributed by atoms with van der Waals surface area (Å²) in [7, 11) is 1.66. The molecule has 7 nitrogen and oxygen atoms in total. The first kappa shape index (κ1) is 20.7. The van der Waals surface area contributed by atoms with E-state index in [4.69, 9.17) is 31.5 Å². The Morgan fingerprint density at radius 3 is 2.52 bits per heavy atom. The van der Waals surface area contributed by atoms with Crippen molar-refractivity contribution in [3.63, 3.8) is 0 Å². The summed E-state index contributed by atoms with van der Waals surface area (Å²) in [5.41, 5.74) is 0.876. The molecule has 0 bridgehead atoms. The minimum atomic E-state index is 0.287. The maximum Gasteiger partial charge on any atom is 0.209 e. The van der Waals surface area contributed by atoms with Crippen LogP contribution in [-0.4, -0.2) is 60.3 Å². The van der Waals surface area contributed by atoms with E-state index in [9.17, 15) is 0 Å². The van der Waals surface area contributed by atoms with Crippen LogP contribution >= 0.6 is 23.6 Å². The fourth-order valence-electron chi connectivity index (χ4n) is 3.84. The summed E-state index contributed by atoms with van der Waals surface area (Å²) in [4.78, 5) is 2.37. The van der Waals surface area contributed by atoms with Crippen LogP contribution in [-0.2, 0) is 16.1 Å². The number of anilines is 2. The molecule has 0 unspecified atom stereocenters. The standard InChI is InChI=1S/C20H28N4O3S2/c1-25-18-9-3-2-8-17(18)21-19-22-24(20(28)29-19)14-23(12-15-6-4-10-26-15)13-16-7-5-11-27-16/h2-3,8-9,15-16H,4-7,10-14H2,1H3,(H,21,22)/t15-,16-/m1/s1. The van der Waals surface area contributed by atoms with Crippen LogP contribution in [0.4, 0.5) is 10.8 Å². The first-order valence-electron chi connectivity index (χ1n) is 10.1. The highest BCUT2D eigenvalue weighted by Crippen LogP contribution is 2.28. The Labute approximate surface area is 180 Å². The predicted molar refractivity (Wildman–Crippen MR) is 117 cm³/mol. The number of para-hydroxylation sites is 2. The van der Waals surface area contributed by atoms with Gasteiger partial charge in [0.2, 0.25) is 5.13 Å². The van der Waals surface area contributed by atoms with Gasteiger partial charge in [0.1, 0.15) is 5.75 Å². The number of methoxy groups -OCH3 is 1. The number of ether oxygens (including phenoxy) is 3. The molecule has 2 fully saturated rings. The predicted octanol–water partition coefficient (Wildman–Crippen LogP) is 4.04. The fourth-order valence-corrected chi connectivity index (χ4v) is 4.85. The number of nitrogens with one attached hydrogen (secondary N) is 1. The lowest BCUT2D eigenvalue weighted by molar-refractivity contribution is 0.0237. The van der Waals surface area contributed by atoms with Crippen LogP contribution in [0.15, 0.2) is 24.3 Å². The van der Waals surface area contributed by atoms with Gasteiger partial charge in [0.15, 0.2) is 3.95 Å². The van der Waals surface area contributed by atoms with Gasteiger partial charge in [-0.15, -0.1) is 5.10 Å².